The molecule has 1 aromatic carbocycles. The molecule has 12 heavy (non-hydrogen) atoms. The summed E-state index contributed by atoms with van der Waals surface area (Å²) in [4.78, 5) is 0. The van der Waals surface area contributed by atoms with Crippen LogP contribution in [0.3, 0.4) is 0 Å². The van der Waals surface area contributed by atoms with Gasteiger partial charge in [0.2, 0.25) is 0 Å². The first-order valence-electron chi connectivity index (χ1n) is 4.08. The molecule has 2 heteroatoms. The van der Waals surface area contributed by atoms with Crippen LogP contribution in [0.15, 0.2) is 35.4 Å². The normalized spacial score (nSPS) is 19.5. The van der Waals surface area contributed by atoms with Gasteiger partial charge in [-0.15, -0.1) is 11.8 Å². The maximum absolute atomic E-state index is 3.33. The number of benzene rings is 1. The Morgan fingerprint density at radius 3 is 2.75 bits per heavy atom. The minimum absolute atomic E-state index is 1.10. The van der Waals surface area contributed by atoms with E-state index in [0.717, 1.165) is 6.54 Å². The third kappa shape index (κ3) is 1.83. The van der Waals surface area contributed by atoms with E-state index in [4.69, 9.17) is 0 Å². The van der Waals surface area contributed by atoms with Gasteiger partial charge in [0.25, 0.3) is 0 Å². The van der Waals surface area contributed by atoms with Crippen molar-refractivity contribution in [2.75, 3.05) is 12.3 Å². The van der Waals surface area contributed by atoms with Crippen molar-refractivity contribution >= 4 is 17.8 Å². The minimum Gasteiger partial charge on any atom is -0.379 e. The van der Waals surface area contributed by atoms with Crippen molar-refractivity contribution in [3.05, 3.63) is 40.9 Å². The smallest absolute Gasteiger partial charge is 0.0688 e. The molecule has 62 valence electrons. The Hall–Kier alpha value is -0.890. The van der Waals surface area contributed by atoms with Gasteiger partial charge in [-0.1, -0.05) is 30.3 Å². The van der Waals surface area contributed by atoms with E-state index in [9.17, 15) is 0 Å². The van der Waals surface area contributed by atoms with E-state index in [0.29, 0.717) is 0 Å². The first kappa shape index (κ1) is 7.74. The molecule has 1 aromatic rings. The maximum Gasteiger partial charge on any atom is 0.0688 e. The molecule has 1 N–H and O–H groups in total. The molecule has 1 saturated heterocycles. The number of nitrogens with one attached hydrogen (secondary N) is 1. The molecule has 1 fully saturated rings. The molecule has 0 unspecified atom stereocenters. The second-order valence-electron chi connectivity index (χ2n) is 2.69. The highest BCUT2D eigenvalue weighted by Crippen LogP contribution is 2.20. The van der Waals surface area contributed by atoms with E-state index in [1.807, 2.05) is 17.8 Å². The maximum atomic E-state index is 3.33. The highest BCUT2D eigenvalue weighted by atomic mass is 32.2. The van der Waals surface area contributed by atoms with Crippen molar-refractivity contribution < 1.29 is 0 Å². The van der Waals surface area contributed by atoms with Gasteiger partial charge in [-0.2, -0.15) is 0 Å². The zero-order valence-corrected chi connectivity index (χ0v) is 7.60. The summed E-state index contributed by atoms with van der Waals surface area (Å²) < 4.78 is 0. The van der Waals surface area contributed by atoms with Crippen LogP contribution < -0.4 is 5.32 Å². The second kappa shape index (κ2) is 3.68. The first-order valence-corrected chi connectivity index (χ1v) is 5.07. The Morgan fingerprint density at radius 1 is 1.25 bits per heavy atom. The van der Waals surface area contributed by atoms with Crippen LogP contribution >= 0.6 is 11.8 Å². The number of rotatable bonds is 1. The predicted molar refractivity (Wildman–Crippen MR) is 54.9 cm³/mol. The summed E-state index contributed by atoms with van der Waals surface area (Å²) in [5, 5.41) is 4.62. The Labute approximate surface area is 76.9 Å². The molecule has 1 aliphatic heterocycles. The molecule has 0 amide bonds. The van der Waals surface area contributed by atoms with Gasteiger partial charge < -0.3 is 5.32 Å². The number of hydrogen-bond acceptors (Lipinski definition) is 2. The van der Waals surface area contributed by atoms with Gasteiger partial charge >= 0.3 is 0 Å². The van der Waals surface area contributed by atoms with Gasteiger partial charge in [0.05, 0.1) is 5.03 Å². The minimum atomic E-state index is 1.10. The van der Waals surface area contributed by atoms with Crippen LogP contribution in [0.5, 0.6) is 0 Å². The lowest BCUT2D eigenvalue weighted by atomic mass is 10.2. The molecule has 2 rings (SSSR count). The third-order valence-corrected chi connectivity index (χ3v) is 2.74. The lowest BCUT2D eigenvalue weighted by molar-refractivity contribution is 0.952. The van der Waals surface area contributed by atoms with Gasteiger partial charge in [0.15, 0.2) is 0 Å². The fourth-order valence-electron chi connectivity index (χ4n) is 1.18. The zero-order valence-electron chi connectivity index (χ0n) is 6.79. The average molecular weight is 177 g/mol. The molecule has 1 nitrogen and oxygen atoms in total. The van der Waals surface area contributed by atoms with Gasteiger partial charge in [-0.05, 0) is 11.6 Å². The molecular formula is C10H11NS. The van der Waals surface area contributed by atoms with E-state index in [1.54, 1.807) is 0 Å². The summed E-state index contributed by atoms with van der Waals surface area (Å²) in [6, 6.07) is 10.4. The monoisotopic (exact) mass is 177 g/mol. The zero-order chi connectivity index (χ0) is 8.23. The SMILES string of the molecule is C(=C1\NCCS1)/c1ccccc1. The number of thioether (sulfide) groups is 1. The molecule has 0 aromatic heterocycles. The van der Waals surface area contributed by atoms with E-state index in [-0.39, 0.29) is 0 Å². The van der Waals surface area contributed by atoms with Crippen LogP contribution in [0.25, 0.3) is 6.08 Å². The van der Waals surface area contributed by atoms with E-state index in [1.165, 1.54) is 16.3 Å². The molecule has 0 aliphatic carbocycles. The van der Waals surface area contributed by atoms with Crippen LogP contribution in [0.1, 0.15) is 5.56 Å². The fourth-order valence-corrected chi connectivity index (χ4v) is 2.03. The molecule has 0 spiro atoms. The summed E-state index contributed by atoms with van der Waals surface area (Å²) >= 11 is 1.89. The van der Waals surface area contributed by atoms with Gasteiger partial charge in [0.1, 0.15) is 0 Å². The molecular weight excluding hydrogens is 166 g/mol. The van der Waals surface area contributed by atoms with Gasteiger partial charge in [-0.3, -0.25) is 0 Å². The van der Waals surface area contributed by atoms with Crippen molar-refractivity contribution in [3.63, 3.8) is 0 Å². The summed E-state index contributed by atoms with van der Waals surface area (Å²) in [6.07, 6.45) is 2.19. The van der Waals surface area contributed by atoms with Crippen molar-refractivity contribution in [1.82, 2.24) is 5.32 Å². The lowest BCUT2D eigenvalue weighted by Gasteiger charge is -1.96. The standard InChI is InChI=1S/C10H11NS/c1-2-4-9(5-3-1)8-10-11-6-7-12-10/h1-5,8,11H,6-7H2/b10-8-. The lowest BCUT2D eigenvalue weighted by Crippen LogP contribution is -2.03. The summed E-state index contributed by atoms with van der Waals surface area (Å²) in [7, 11) is 0. The summed E-state index contributed by atoms with van der Waals surface area (Å²) in [5.41, 5.74) is 1.27. The molecule has 1 heterocycles. The van der Waals surface area contributed by atoms with Crippen molar-refractivity contribution in [3.8, 4) is 0 Å². The molecule has 1 aliphatic rings. The van der Waals surface area contributed by atoms with Crippen LogP contribution in [0, 0.1) is 0 Å². The largest absolute Gasteiger partial charge is 0.379 e. The summed E-state index contributed by atoms with van der Waals surface area (Å²) in [5.74, 6) is 1.19. The Balaban J connectivity index is 2.16. The Morgan fingerprint density at radius 2 is 2.08 bits per heavy atom. The first-order chi connectivity index (χ1) is 5.95. The van der Waals surface area contributed by atoms with Gasteiger partial charge in [-0.25, -0.2) is 0 Å². The van der Waals surface area contributed by atoms with Crippen LogP contribution in [-0.2, 0) is 0 Å². The van der Waals surface area contributed by atoms with Crippen molar-refractivity contribution in [2.24, 2.45) is 0 Å². The number of hydrogen-bond donors (Lipinski definition) is 1. The third-order valence-electron chi connectivity index (χ3n) is 1.76. The fraction of sp³-hybridized carbons (Fsp3) is 0.200. The molecule has 0 radical (unpaired) electrons. The molecule has 0 saturated carbocycles. The van der Waals surface area contributed by atoms with Crippen molar-refractivity contribution in [2.45, 2.75) is 0 Å². The van der Waals surface area contributed by atoms with E-state index < -0.39 is 0 Å². The molecule has 0 bridgehead atoms. The van der Waals surface area contributed by atoms with Crippen LogP contribution in [0.2, 0.25) is 0 Å². The van der Waals surface area contributed by atoms with Gasteiger partial charge in [0, 0.05) is 12.3 Å². The van der Waals surface area contributed by atoms with Crippen LogP contribution in [-0.4, -0.2) is 12.3 Å². The quantitative estimate of drug-likeness (QED) is 0.706. The average Bonchev–Trinajstić information content (AvgIpc) is 2.59. The Bertz CT molecular complexity index is 271. The Kier molecular flexibility index (Phi) is 2.37. The molecule has 0 atom stereocenters. The highest BCUT2D eigenvalue weighted by Gasteiger charge is 2.04. The van der Waals surface area contributed by atoms with Crippen molar-refractivity contribution in [1.29, 1.82) is 0 Å². The second-order valence-corrected chi connectivity index (χ2v) is 3.83. The predicted octanol–water partition coefficient (Wildman–Crippen LogP) is 2.32. The topological polar surface area (TPSA) is 12.0 Å². The van der Waals surface area contributed by atoms with Crippen LogP contribution in [0.4, 0.5) is 0 Å². The summed E-state index contributed by atoms with van der Waals surface area (Å²) in [6.45, 7) is 1.10. The van der Waals surface area contributed by atoms with E-state index >= 15 is 0 Å². The van der Waals surface area contributed by atoms with E-state index in [2.05, 4.69) is 35.7 Å². The highest BCUT2D eigenvalue weighted by molar-refractivity contribution is 8.03.